The summed E-state index contributed by atoms with van der Waals surface area (Å²) >= 11 is 7.56. The number of rotatable bonds is 8. The molecule has 1 unspecified atom stereocenters. The number of benzene rings is 2. The maximum Gasteiger partial charge on any atom is 0.247 e. The molecule has 0 bridgehead atoms. The molecule has 1 aliphatic rings. The molecule has 0 aliphatic carbocycles. The number of amides is 3. The van der Waals surface area contributed by atoms with E-state index in [-0.39, 0.29) is 30.6 Å². The summed E-state index contributed by atoms with van der Waals surface area (Å²) in [5.74, 6) is 0.442. The molecule has 0 radical (unpaired) electrons. The van der Waals surface area contributed by atoms with Crippen molar-refractivity contribution in [2.75, 3.05) is 22.6 Å². The van der Waals surface area contributed by atoms with Gasteiger partial charge in [0.2, 0.25) is 17.7 Å². The van der Waals surface area contributed by atoms with Gasteiger partial charge in [0.25, 0.3) is 0 Å². The minimum Gasteiger partial charge on any atom is -0.494 e. The number of anilines is 2. The highest BCUT2D eigenvalue weighted by molar-refractivity contribution is 8.00. The van der Waals surface area contributed by atoms with Crippen molar-refractivity contribution in [1.29, 1.82) is 0 Å². The van der Waals surface area contributed by atoms with Crippen LogP contribution >= 0.6 is 23.4 Å². The quantitative estimate of drug-likeness (QED) is 0.575. The molecule has 1 aliphatic heterocycles. The van der Waals surface area contributed by atoms with Crippen molar-refractivity contribution >= 4 is 52.5 Å². The molecule has 0 aromatic heterocycles. The van der Waals surface area contributed by atoms with Gasteiger partial charge in [-0.2, -0.15) is 0 Å². The van der Waals surface area contributed by atoms with E-state index >= 15 is 0 Å². The molecule has 0 saturated carbocycles. The maximum absolute atomic E-state index is 12.7. The van der Waals surface area contributed by atoms with Gasteiger partial charge in [0.15, 0.2) is 0 Å². The number of hydrogen-bond donors (Lipinski definition) is 1. The second-order valence-corrected chi connectivity index (χ2v) is 9.01. The standard InChI is InChI=1S/C23H25ClN2O4S/c1-4-30-17-7-5-16(6-8-17)26-21(28)13-19(23(26)29)31-10-9-20(27)25-22-15(3)11-14(2)12-18(22)24/h5-8,11-12,19H,4,9-10,13H2,1-3H3,(H,25,27). The van der Waals surface area contributed by atoms with Crippen molar-refractivity contribution in [2.24, 2.45) is 0 Å². The molecular weight excluding hydrogens is 436 g/mol. The van der Waals surface area contributed by atoms with Crippen LogP contribution in [0.3, 0.4) is 0 Å². The molecule has 2 aromatic carbocycles. The topological polar surface area (TPSA) is 75.7 Å². The first-order chi connectivity index (χ1) is 14.8. The summed E-state index contributed by atoms with van der Waals surface area (Å²) in [5, 5.41) is 2.85. The van der Waals surface area contributed by atoms with Crippen molar-refractivity contribution in [1.82, 2.24) is 0 Å². The zero-order valence-corrected chi connectivity index (χ0v) is 19.3. The number of carbonyl (C=O) groups excluding carboxylic acids is 3. The number of carbonyl (C=O) groups is 3. The third-order valence-corrected chi connectivity index (χ3v) is 6.36. The van der Waals surface area contributed by atoms with E-state index in [1.54, 1.807) is 30.3 Å². The molecule has 164 valence electrons. The van der Waals surface area contributed by atoms with E-state index in [0.29, 0.717) is 34.5 Å². The van der Waals surface area contributed by atoms with Crippen LogP contribution in [0.1, 0.15) is 30.9 Å². The predicted octanol–water partition coefficient (Wildman–Crippen LogP) is 4.75. The van der Waals surface area contributed by atoms with Crippen LogP contribution in [0.15, 0.2) is 36.4 Å². The van der Waals surface area contributed by atoms with E-state index in [4.69, 9.17) is 16.3 Å². The van der Waals surface area contributed by atoms with Crippen LogP contribution in [-0.2, 0) is 14.4 Å². The number of thioether (sulfide) groups is 1. The highest BCUT2D eigenvalue weighted by atomic mass is 35.5. The minimum atomic E-state index is -0.489. The Morgan fingerprint density at radius 3 is 2.58 bits per heavy atom. The Balaban J connectivity index is 1.54. The molecule has 2 aromatic rings. The summed E-state index contributed by atoms with van der Waals surface area (Å²) in [4.78, 5) is 38.7. The van der Waals surface area contributed by atoms with Gasteiger partial charge in [-0.3, -0.25) is 14.4 Å². The summed E-state index contributed by atoms with van der Waals surface area (Å²) in [6, 6.07) is 10.6. The van der Waals surface area contributed by atoms with Crippen molar-refractivity contribution < 1.29 is 19.1 Å². The van der Waals surface area contributed by atoms with Crippen LogP contribution in [0.25, 0.3) is 0 Å². The van der Waals surface area contributed by atoms with Gasteiger partial charge >= 0.3 is 0 Å². The lowest BCUT2D eigenvalue weighted by molar-refractivity contribution is -0.121. The Morgan fingerprint density at radius 1 is 1.23 bits per heavy atom. The van der Waals surface area contributed by atoms with Crippen molar-refractivity contribution in [3.8, 4) is 5.75 Å². The van der Waals surface area contributed by atoms with Gasteiger partial charge in [0.1, 0.15) is 5.75 Å². The zero-order valence-electron chi connectivity index (χ0n) is 17.7. The van der Waals surface area contributed by atoms with E-state index in [0.717, 1.165) is 11.1 Å². The molecule has 6 nitrogen and oxygen atoms in total. The fourth-order valence-corrected chi connectivity index (χ4v) is 4.90. The van der Waals surface area contributed by atoms with Gasteiger partial charge in [-0.1, -0.05) is 17.7 Å². The van der Waals surface area contributed by atoms with Crippen molar-refractivity contribution in [3.63, 3.8) is 0 Å². The molecule has 3 amide bonds. The Kier molecular flexibility index (Phi) is 7.62. The SMILES string of the molecule is CCOc1ccc(N2C(=O)CC(SCCC(=O)Nc3c(C)cc(C)cc3Cl)C2=O)cc1. The van der Waals surface area contributed by atoms with Gasteiger partial charge in [-0.05, 0) is 62.2 Å². The van der Waals surface area contributed by atoms with Crippen LogP contribution in [-0.4, -0.2) is 35.3 Å². The molecule has 1 saturated heterocycles. The minimum absolute atomic E-state index is 0.126. The number of aryl methyl sites for hydroxylation is 2. The van der Waals surface area contributed by atoms with Crippen molar-refractivity contribution in [2.45, 2.75) is 38.9 Å². The van der Waals surface area contributed by atoms with Crippen molar-refractivity contribution in [3.05, 3.63) is 52.5 Å². The largest absolute Gasteiger partial charge is 0.494 e. The fraction of sp³-hybridized carbons (Fsp3) is 0.348. The van der Waals surface area contributed by atoms with E-state index in [1.165, 1.54) is 16.7 Å². The van der Waals surface area contributed by atoms with Gasteiger partial charge < -0.3 is 10.1 Å². The first kappa shape index (κ1) is 23.2. The lowest BCUT2D eigenvalue weighted by Crippen LogP contribution is -2.31. The molecule has 1 N–H and O–H groups in total. The van der Waals surface area contributed by atoms with Crippen LogP contribution in [0, 0.1) is 13.8 Å². The summed E-state index contributed by atoms with van der Waals surface area (Å²) in [5.41, 5.74) is 3.06. The number of nitrogens with zero attached hydrogens (tertiary/aromatic N) is 1. The Labute approximate surface area is 191 Å². The highest BCUT2D eigenvalue weighted by Gasteiger charge is 2.39. The molecule has 0 spiro atoms. The van der Waals surface area contributed by atoms with E-state index in [1.807, 2.05) is 26.8 Å². The van der Waals surface area contributed by atoms with Gasteiger partial charge in [0.05, 0.1) is 28.3 Å². The molecule has 3 rings (SSSR count). The highest BCUT2D eigenvalue weighted by Crippen LogP contribution is 2.31. The Bertz CT molecular complexity index is 971. The van der Waals surface area contributed by atoms with Gasteiger partial charge in [0, 0.05) is 18.6 Å². The zero-order chi connectivity index (χ0) is 22.5. The van der Waals surface area contributed by atoms with Crippen LogP contribution in [0.5, 0.6) is 5.75 Å². The Morgan fingerprint density at radius 2 is 1.94 bits per heavy atom. The van der Waals surface area contributed by atoms with E-state index in [2.05, 4.69) is 5.32 Å². The average molecular weight is 461 g/mol. The summed E-state index contributed by atoms with van der Waals surface area (Å²) < 4.78 is 5.40. The lowest BCUT2D eigenvalue weighted by atomic mass is 10.1. The van der Waals surface area contributed by atoms with Crippen LogP contribution in [0.2, 0.25) is 5.02 Å². The number of nitrogens with one attached hydrogen (secondary N) is 1. The molecule has 31 heavy (non-hydrogen) atoms. The molecule has 1 heterocycles. The van der Waals surface area contributed by atoms with Crippen LogP contribution < -0.4 is 15.0 Å². The first-order valence-electron chi connectivity index (χ1n) is 10.1. The van der Waals surface area contributed by atoms with Gasteiger partial charge in [-0.25, -0.2) is 4.90 Å². The number of hydrogen-bond acceptors (Lipinski definition) is 5. The third-order valence-electron chi connectivity index (χ3n) is 4.86. The molecule has 1 fully saturated rings. The van der Waals surface area contributed by atoms with Crippen LogP contribution in [0.4, 0.5) is 11.4 Å². The monoisotopic (exact) mass is 460 g/mol. The fourth-order valence-electron chi connectivity index (χ4n) is 3.43. The van der Waals surface area contributed by atoms with E-state index < -0.39 is 5.25 Å². The molecule has 1 atom stereocenters. The lowest BCUT2D eigenvalue weighted by Gasteiger charge is -2.15. The summed E-state index contributed by atoms with van der Waals surface area (Å²) in [7, 11) is 0. The normalized spacial score (nSPS) is 16.0. The average Bonchev–Trinajstić information content (AvgIpc) is 2.99. The second-order valence-electron chi connectivity index (χ2n) is 7.29. The van der Waals surface area contributed by atoms with E-state index in [9.17, 15) is 14.4 Å². The van der Waals surface area contributed by atoms with Gasteiger partial charge in [-0.15, -0.1) is 11.8 Å². The first-order valence-corrected chi connectivity index (χ1v) is 11.5. The summed E-state index contributed by atoms with van der Waals surface area (Å²) in [6.45, 7) is 6.27. The second kappa shape index (κ2) is 10.2. The maximum atomic E-state index is 12.7. The predicted molar refractivity (Wildman–Crippen MR) is 125 cm³/mol. The molecule has 8 heteroatoms. The third kappa shape index (κ3) is 5.60. The number of ether oxygens (including phenoxy) is 1. The smallest absolute Gasteiger partial charge is 0.247 e. The number of halogens is 1. The Hall–Kier alpha value is -2.51. The molecular formula is C23H25ClN2O4S. The summed E-state index contributed by atoms with van der Waals surface area (Å²) in [6.07, 6.45) is 0.344. The number of imide groups is 1.